The Labute approximate surface area is 197 Å². The minimum Gasteiger partial charge on any atom is -0.458 e. The van der Waals surface area contributed by atoms with Crippen LogP contribution >= 0.6 is 0 Å². The van der Waals surface area contributed by atoms with Crippen molar-refractivity contribution in [3.05, 3.63) is 34.9 Å². The fourth-order valence-electron chi connectivity index (χ4n) is 8.57. The molecule has 5 aliphatic rings. The van der Waals surface area contributed by atoms with Crippen molar-refractivity contribution >= 4 is 11.8 Å². The van der Waals surface area contributed by atoms with Crippen LogP contribution in [0.25, 0.3) is 0 Å². The van der Waals surface area contributed by atoms with E-state index in [9.17, 15) is 19.8 Å². The predicted octanol–water partition coefficient (Wildman–Crippen LogP) is 4.14. The summed E-state index contributed by atoms with van der Waals surface area (Å²) in [6.45, 7) is 10.5. The molecule has 1 aliphatic heterocycles. The SMILES string of the molecule is CC1=C(C)C(=O)O[C@@H]([C@@H](C)C2CCC3C4C(O)C=C5[C@@H](O)C=CC(=O)[C@]5(C)C4CC[C@@]32C)C1. The maximum atomic E-state index is 13.1. The van der Waals surface area contributed by atoms with Crippen molar-refractivity contribution in [2.24, 2.45) is 40.4 Å². The van der Waals surface area contributed by atoms with Crippen molar-refractivity contribution in [3.63, 3.8) is 0 Å². The molecule has 0 spiro atoms. The number of fused-ring (bicyclic) bond motifs is 5. The average molecular weight is 455 g/mol. The third-order valence-electron chi connectivity index (χ3n) is 10.7. The summed E-state index contributed by atoms with van der Waals surface area (Å²) in [7, 11) is 0. The third-order valence-corrected chi connectivity index (χ3v) is 10.7. The number of hydrogen-bond donors (Lipinski definition) is 2. The number of ketones is 1. The van der Waals surface area contributed by atoms with Crippen molar-refractivity contribution in [1.29, 1.82) is 0 Å². The highest BCUT2D eigenvalue weighted by atomic mass is 16.5. The lowest BCUT2D eigenvalue weighted by Crippen LogP contribution is -2.57. The Balaban J connectivity index is 1.45. The Kier molecular flexibility index (Phi) is 5.34. The highest BCUT2D eigenvalue weighted by molar-refractivity contribution is 5.99. The van der Waals surface area contributed by atoms with E-state index in [2.05, 4.69) is 13.8 Å². The van der Waals surface area contributed by atoms with Gasteiger partial charge in [-0.2, -0.15) is 0 Å². The molecule has 5 nitrogen and oxygen atoms in total. The lowest BCUT2D eigenvalue weighted by Gasteiger charge is -2.58. The monoisotopic (exact) mass is 454 g/mol. The van der Waals surface area contributed by atoms with Gasteiger partial charge in [0.15, 0.2) is 5.78 Å². The van der Waals surface area contributed by atoms with Gasteiger partial charge in [-0.1, -0.05) is 25.5 Å². The van der Waals surface area contributed by atoms with Crippen LogP contribution in [0.5, 0.6) is 0 Å². The summed E-state index contributed by atoms with van der Waals surface area (Å²) in [5.74, 6) is 0.871. The first-order valence-electron chi connectivity index (χ1n) is 12.7. The molecule has 0 aromatic carbocycles. The largest absolute Gasteiger partial charge is 0.458 e. The third kappa shape index (κ3) is 3.11. The van der Waals surface area contributed by atoms with Gasteiger partial charge >= 0.3 is 5.97 Å². The van der Waals surface area contributed by atoms with Crippen LogP contribution < -0.4 is 0 Å². The normalized spacial score (nSPS) is 48.0. The second-order valence-corrected chi connectivity index (χ2v) is 11.9. The zero-order chi connectivity index (χ0) is 23.9. The van der Waals surface area contributed by atoms with Crippen molar-refractivity contribution in [3.8, 4) is 0 Å². The van der Waals surface area contributed by atoms with Crippen LogP contribution in [-0.2, 0) is 14.3 Å². The number of esters is 1. The quantitative estimate of drug-likeness (QED) is 0.484. The number of ether oxygens (including phenoxy) is 1. The smallest absolute Gasteiger partial charge is 0.333 e. The first-order valence-corrected chi connectivity index (χ1v) is 12.7. The molecule has 10 atom stereocenters. The maximum absolute atomic E-state index is 13.1. The zero-order valence-corrected chi connectivity index (χ0v) is 20.5. The molecule has 0 saturated heterocycles. The maximum Gasteiger partial charge on any atom is 0.333 e. The van der Waals surface area contributed by atoms with Crippen LogP contribution in [0.1, 0.15) is 66.7 Å². The van der Waals surface area contributed by atoms with Gasteiger partial charge in [0.05, 0.1) is 17.6 Å². The van der Waals surface area contributed by atoms with Gasteiger partial charge in [-0.3, -0.25) is 4.79 Å². The molecule has 5 rings (SSSR count). The molecular weight excluding hydrogens is 416 g/mol. The van der Waals surface area contributed by atoms with Crippen LogP contribution in [0.15, 0.2) is 34.9 Å². The lowest BCUT2D eigenvalue weighted by molar-refractivity contribution is -0.152. The number of carbonyl (C=O) groups is 2. The van der Waals surface area contributed by atoms with Crippen molar-refractivity contribution < 1.29 is 24.5 Å². The summed E-state index contributed by atoms with van der Waals surface area (Å²) in [6, 6.07) is 0. The van der Waals surface area contributed by atoms with E-state index >= 15 is 0 Å². The molecule has 4 aliphatic carbocycles. The van der Waals surface area contributed by atoms with Gasteiger partial charge in [0, 0.05) is 12.0 Å². The van der Waals surface area contributed by atoms with E-state index in [4.69, 9.17) is 4.74 Å². The van der Waals surface area contributed by atoms with Gasteiger partial charge < -0.3 is 14.9 Å². The minimum absolute atomic E-state index is 0.00938. The standard InChI is InChI=1S/C28H38O5/c1-14-12-23(33-26(32)15(14)2)16(3)17-6-7-18-25-19(10-11-27(17,18)4)28(5)20(13-22(25)30)21(29)8-9-24(28)31/h8-9,13,16-19,21-23,25,29-30H,6-7,10-12H2,1-5H3/t16-,17?,18?,19?,21-,22?,23+,25?,27+,28+/m0/s1. The number of hydrogen-bond acceptors (Lipinski definition) is 5. The zero-order valence-electron chi connectivity index (χ0n) is 20.5. The highest BCUT2D eigenvalue weighted by Gasteiger charge is 2.63. The molecule has 1 heterocycles. The Bertz CT molecular complexity index is 975. The number of aliphatic hydroxyl groups is 2. The van der Waals surface area contributed by atoms with Crippen molar-refractivity contribution in [2.75, 3.05) is 0 Å². The van der Waals surface area contributed by atoms with E-state index in [1.165, 1.54) is 0 Å². The minimum atomic E-state index is -0.798. The molecular formula is C28H38O5. The van der Waals surface area contributed by atoms with Gasteiger partial charge in [0.1, 0.15) is 6.10 Å². The second-order valence-electron chi connectivity index (χ2n) is 11.9. The second kappa shape index (κ2) is 7.64. The molecule has 2 fully saturated rings. The molecule has 0 bridgehead atoms. The fraction of sp³-hybridized carbons (Fsp3) is 0.714. The number of allylic oxidation sites excluding steroid dienone is 1. The topological polar surface area (TPSA) is 83.8 Å². The van der Waals surface area contributed by atoms with Crippen LogP contribution in [-0.4, -0.2) is 40.3 Å². The predicted molar refractivity (Wildman–Crippen MR) is 125 cm³/mol. The molecule has 2 saturated carbocycles. The summed E-state index contributed by atoms with van der Waals surface area (Å²) in [6.07, 6.45) is 8.06. The van der Waals surface area contributed by atoms with Crippen molar-refractivity contribution in [1.82, 2.24) is 0 Å². The lowest BCUT2D eigenvalue weighted by atomic mass is 9.46. The van der Waals surface area contributed by atoms with Crippen LogP contribution in [0.2, 0.25) is 0 Å². The Morgan fingerprint density at radius 1 is 1.09 bits per heavy atom. The Morgan fingerprint density at radius 2 is 1.82 bits per heavy atom. The number of carbonyl (C=O) groups excluding carboxylic acids is 2. The molecule has 180 valence electrons. The van der Waals surface area contributed by atoms with E-state index in [1.54, 1.807) is 18.2 Å². The molecule has 33 heavy (non-hydrogen) atoms. The number of rotatable bonds is 2. The fourth-order valence-corrected chi connectivity index (χ4v) is 8.57. The van der Waals surface area contributed by atoms with Crippen LogP contribution in [0.3, 0.4) is 0 Å². The summed E-state index contributed by atoms with van der Waals surface area (Å²) in [5.41, 5.74) is 1.85. The molecule has 5 heteroatoms. The van der Waals surface area contributed by atoms with Gasteiger partial charge in [-0.05, 0) is 99.2 Å². The number of cyclic esters (lactones) is 1. The Morgan fingerprint density at radius 3 is 2.52 bits per heavy atom. The molecule has 2 N–H and O–H groups in total. The molecule has 0 radical (unpaired) electrons. The summed E-state index contributed by atoms with van der Waals surface area (Å²) in [4.78, 5) is 25.5. The van der Waals surface area contributed by atoms with E-state index < -0.39 is 17.6 Å². The van der Waals surface area contributed by atoms with Crippen LogP contribution in [0, 0.1) is 40.4 Å². The molecule has 0 amide bonds. The van der Waals surface area contributed by atoms with E-state index in [1.807, 2.05) is 20.8 Å². The van der Waals surface area contributed by atoms with Gasteiger partial charge in [0.25, 0.3) is 0 Å². The summed E-state index contributed by atoms with van der Waals surface area (Å²) >= 11 is 0. The average Bonchev–Trinajstić information content (AvgIpc) is 3.12. The van der Waals surface area contributed by atoms with Gasteiger partial charge in [0.2, 0.25) is 0 Å². The van der Waals surface area contributed by atoms with E-state index in [0.717, 1.165) is 43.3 Å². The number of aliphatic hydroxyl groups excluding tert-OH is 2. The molecule has 0 aromatic heterocycles. The molecule has 0 aromatic rings. The van der Waals surface area contributed by atoms with Gasteiger partial charge in [-0.15, -0.1) is 0 Å². The van der Waals surface area contributed by atoms with E-state index in [-0.39, 0.29) is 41.0 Å². The Hall–Kier alpha value is -1.72. The van der Waals surface area contributed by atoms with Gasteiger partial charge in [-0.25, -0.2) is 4.79 Å². The van der Waals surface area contributed by atoms with E-state index in [0.29, 0.717) is 17.4 Å². The first kappa shape index (κ1) is 23.0. The summed E-state index contributed by atoms with van der Waals surface area (Å²) < 4.78 is 5.87. The van der Waals surface area contributed by atoms with Crippen molar-refractivity contribution in [2.45, 2.75) is 85.0 Å². The first-order chi connectivity index (χ1) is 15.5. The highest BCUT2D eigenvalue weighted by Crippen LogP contribution is 2.66. The van der Waals surface area contributed by atoms with Crippen LogP contribution in [0.4, 0.5) is 0 Å². The molecule has 5 unspecified atom stereocenters. The summed E-state index contributed by atoms with van der Waals surface area (Å²) in [5, 5.41) is 21.9.